The molecule has 3 heteroatoms. The van der Waals surface area contributed by atoms with Crippen LogP contribution in [0.25, 0.3) is 0 Å². The number of hydrogen-bond donors (Lipinski definition) is 1. The van der Waals surface area contributed by atoms with Crippen molar-refractivity contribution < 1.29 is 4.79 Å². The minimum Gasteiger partial charge on any atom is -0.316 e. The fourth-order valence-electron chi connectivity index (χ4n) is 1.92. The van der Waals surface area contributed by atoms with Gasteiger partial charge in [0.2, 0.25) is 0 Å². The highest BCUT2D eigenvalue weighted by Gasteiger charge is 2.21. The lowest BCUT2D eigenvalue weighted by molar-refractivity contribution is -0.121. The molecular formula is C12H14BrNO. The SMILES string of the molecule is O=C(Cc1cccc(Br)c1)C1CCNC1. The van der Waals surface area contributed by atoms with E-state index in [0.29, 0.717) is 12.2 Å². The smallest absolute Gasteiger partial charge is 0.141 e. The molecule has 1 fully saturated rings. The van der Waals surface area contributed by atoms with E-state index in [4.69, 9.17) is 0 Å². The van der Waals surface area contributed by atoms with Gasteiger partial charge in [-0.1, -0.05) is 28.1 Å². The van der Waals surface area contributed by atoms with Gasteiger partial charge in [-0.3, -0.25) is 4.79 Å². The second kappa shape index (κ2) is 4.90. The van der Waals surface area contributed by atoms with Crippen LogP contribution in [-0.4, -0.2) is 18.9 Å². The van der Waals surface area contributed by atoms with Crippen LogP contribution in [0, 0.1) is 5.92 Å². The first kappa shape index (κ1) is 10.8. The van der Waals surface area contributed by atoms with E-state index in [1.807, 2.05) is 24.3 Å². The van der Waals surface area contributed by atoms with Crippen molar-refractivity contribution in [3.8, 4) is 0 Å². The molecule has 1 aromatic rings. The van der Waals surface area contributed by atoms with Crippen LogP contribution < -0.4 is 5.32 Å². The number of halogens is 1. The Bertz CT molecular complexity index is 358. The van der Waals surface area contributed by atoms with Gasteiger partial charge in [-0.15, -0.1) is 0 Å². The molecular weight excluding hydrogens is 254 g/mol. The van der Waals surface area contributed by atoms with Gasteiger partial charge in [0.05, 0.1) is 0 Å². The van der Waals surface area contributed by atoms with Gasteiger partial charge >= 0.3 is 0 Å². The summed E-state index contributed by atoms with van der Waals surface area (Å²) in [6, 6.07) is 7.97. The first-order valence-electron chi connectivity index (χ1n) is 5.23. The lowest BCUT2D eigenvalue weighted by Gasteiger charge is -2.07. The Morgan fingerprint density at radius 2 is 2.40 bits per heavy atom. The van der Waals surface area contributed by atoms with Gasteiger partial charge < -0.3 is 5.32 Å². The largest absolute Gasteiger partial charge is 0.316 e. The molecule has 0 spiro atoms. The van der Waals surface area contributed by atoms with Crippen molar-refractivity contribution in [2.24, 2.45) is 5.92 Å². The van der Waals surface area contributed by atoms with Crippen LogP contribution in [0.15, 0.2) is 28.7 Å². The van der Waals surface area contributed by atoms with E-state index in [0.717, 1.165) is 29.5 Å². The van der Waals surface area contributed by atoms with Crippen LogP contribution in [0.5, 0.6) is 0 Å². The fourth-order valence-corrected chi connectivity index (χ4v) is 2.37. The highest BCUT2D eigenvalue weighted by Crippen LogP contribution is 2.16. The topological polar surface area (TPSA) is 29.1 Å². The van der Waals surface area contributed by atoms with Gasteiger partial charge in [0.15, 0.2) is 0 Å². The summed E-state index contributed by atoms with van der Waals surface area (Å²) >= 11 is 3.41. The number of ketones is 1. The minimum atomic E-state index is 0.226. The number of carbonyl (C=O) groups excluding carboxylic acids is 1. The average molecular weight is 268 g/mol. The Morgan fingerprint density at radius 3 is 3.07 bits per heavy atom. The molecule has 1 aliphatic rings. The summed E-state index contributed by atoms with van der Waals surface area (Å²) in [7, 11) is 0. The third-order valence-electron chi connectivity index (χ3n) is 2.78. The molecule has 15 heavy (non-hydrogen) atoms. The van der Waals surface area contributed by atoms with Gasteiger partial charge in [0.25, 0.3) is 0 Å². The molecule has 1 atom stereocenters. The summed E-state index contributed by atoms with van der Waals surface area (Å²) in [5.74, 6) is 0.585. The van der Waals surface area contributed by atoms with Crippen molar-refractivity contribution in [1.29, 1.82) is 0 Å². The monoisotopic (exact) mass is 267 g/mol. The van der Waals surface area contributed by atoms with Gasteiger partial charge in [0.1, 0.15) is 5.78 Å². The zero-order chi connectivity index (χ0) is 10.7. The van der Waals surface area contributed by atoms with Crippen molar-refractivity contribution >= 4 is 21.7 Å². The van der Waals surface area contributed by atoms with E-state index in [-0.39, 0.29) is 5.92 Å². The maximum Gasteiger partial charge on any atom is 0.141 e. The third kappa shape index (κ3) is 2.89. The van der Waals surface area contributed by atoms with Crippen LogP contribution in [0.4, 0.5) is 0 Å². The fraction of sp³-hybridized carbons (Fsp3) is 0.417. The van der Waals surface area contributed by atoms with Gasteiger partial charge in [-0.05, 0) is 30.7 Å². The number of rotatable bonds is 3. The molecule has 0 bridgehead atoms. The molecule has 1 aromatic carbocycles. The second-order valence-electron chi connectivity index (χ2n) is 3.96. The van der Waals surface area contributed by atoms with Gasteiger partial charge in [-0.2, -0.15) is 0 Å². The molecule has 0 saturated carbocycles. The molecule has 80 valence electrons. The van der Waals surface area contributed by atoms with Crippen LogP contribution >= 0.6 is 15.9 Å². The lowest BCUT2D eigenvalue weighted by atomic mass is 9.97. The molecule has 0 amide bonds. The standard InChI is InChI=1S/C12H14BrNO/c13-11-3-1-2-9(6-11)7-12(15)10-4-5-14-8-10/h1-3,6,10,14H,4-5,7-8H2. The van der Waals surface area contributed by atoms with Crippen molar-refractivity contribution in [1.82, 2.24) is 5.32 Å². The van der Waals surface area contributed by atoms with Crippen molar-refractivity contribution in [3.63, 3.8) is 0 Å². The minimum absolute atomic E-state index is 0.226. The van der Waals surface area contributed by atoms with Crippen LogP contribution in [-0.2, 0) is 11.2 Å². The summed E-state index contributed by atoms with van der Waals surface area (Å²) in [5, 5.41) is 3.22. The first-order chi connectivity index (χ1) is 7.25. The van der Waals surface area contributed by atoms with Crippen molar-refractivity contribution in [2.75, 3.05) is 13.1 Å². The lowest BCUT2D eigenvalue weighted by Crippen LogP contribution is -2.19. The summed E-state index contributed by atoms with van der Waals surface area (Å²) in [4.78, 5) is 11.9. The predicted molar refractivity (Wildman–Crippen MR) is 63.8 cm³/mol. The summed E-state index contributed by atoms with van der Waals surface area (Å²) in [6.07, 6.45) is 1.55. The molecule has 0 aliphatic carbocycles. The Morgan fingerprint density at radius 1 is 1.53 bits per heavy atom. The molecule has 1 N–H and O–H groups in total. The molecule has 1 aliphatic heterocycles. The normalized spacial score (nSPS) is 20.5. The number of nitrogens with one attached hydrogen (secondary N) is 1. The highest BCUT2D eigenvalue weighted by molar-refractivity contribution is 9.10. The van der Waals surface area contributed by atoms with Gasteiger partial charge in [0, 0.05) is 23.4 Å². The molecule has 1 heterocycles. The Labute approximate surface area is 98.2 Å². The van der Waals surface area contributed by atoms with Gasteiger partial charge in [-0.25, -0.2) is 0 Å². The molecule has 0 aromatic heterocycles. The van der Waals surface area contributed by atoms with E-state index in [1.165, 1.54) is 0 Å². The number of carbonyl (C=O) groups is 1. The quantitative estimate of drug-likeness (QED) is 0.910. The second-order valence-corrected chi connectivity index (χ2v) is 4.88. The summed E-state index contributed by atoms with van der Waals surface area (Å²) in [5.41, 5.74) is 1.10. The number of hydrogen-bond acceptors (Lipinski definition) is 2. The summed E-state index contributed by atoms with van der Waals surface area (Å²) in [6.45, 7) is 1.84. The van der Waals surface area contributed by atoms with E-state index in [9.17, 15) is 4.79 Å². The van der Waals surface area contributed by atoms with E-state index < -0.39 is 0 Å². The molecule has 2 nitrogen and oxygen atoms in total. The number of Topliss-reactive ketones (excluding diaryl/α,β-unsaturated/α-hetero) is 1. The molecule has 1 unspecified atom stereocenters. The highest BCUT2D eigenvalue weighted by atomic mass is 79.9. The molecule has 0 radical (unpaired) electrons. The van der Waals surface area contributed by atoms with Crippen LogP contribution in [0.2, 0.25) is 0 Å². The van der Waals surface area contributed by atoms with E-state index in [1.54, 1.807) is 0 Å². The number of benzene rings is 1. The van der Waals surface area contributed by atoms with Crippen LogP contribution in [0.3, 0.4) is 0 Å². The predicted octanol–water partition coefficient (Wildman–Crippen LogP) is 2.17. The maximum atomic E-state index is 11.9. The van der Waals surface area contributed by atoms with E-state index >= 15 is 0 Å². The van der Waals surface area contributed by atoms with Crippen molar-refractivity contribution in [3.05, 3.63) is 34.3 Å². The zero-order valence-electron chi connectivity index (χ0n) is 8.50. The Hall–Kier alpha value is -0.670. The first-order valence-corrected chi connectivity index (χ1v) is 6.03. The van der Waals surface area contributed by atoms with Crippen molar-refractivity contribution in [2.45, 2.75) is 12.8 Å². The van der Waals surface area contributed by atoms with Crippen LogP contribution in [0.1, 0.15) is 12.0 Å². The molecule has 2 rings (SSSR count). The summed E-state index contributed by atoms with van der Waals surface area (Å²) < 4.78 is 1.04. The Kier molecular flexibility index (Phi) is 3.54. The maximum absolute atomic E-state index is 11.9. The molecule has 1 saturated heterocycles. The Balaban J connectivity index is 1.99. The van der Waals surface area contributed by atoms with E-state index in [2.05, 4.69) is 21.2 Å². The average Bonchev–Trinajstić information content (AvgIpc) is 2.70. The third-order valence-corrected chi connectivity index (χ3v) is 3.28. The zero-order valence-corrected chi connectivity index (χ0v) is 10.1.